The Balaban J connectivity index is 0.000000381. The molecule has 138 valence electrons. The molecule has 1 heterocycles. The normalized spacial score (nSPS) is 11.2. The van der Waals surface area contributed by atoms with Crippen LogP contribution in [-0.2, 0) is 11.2 Å². The number of H-pyrrole nitrogens is 1. The minimum atomic E-state index is -5.08. The molecule has 0 saturated heterocycles. The third-order valence-corrected chi connectivity index (χ3v) is 3.20. The summed E-state index contributed by atoms with van der Waals surface area (Å²) in [6, 6.07) is 7.59. The first kappa shape index (κ1) is 20.5. The van der Waals surface area contributed by atoms with E-state index in [0.29, 0.717) is 0 Å². The summed E-state index contributed by atoms with van der Waals surface area (Å²) in [5, 5.41) is 8.13. The van der Waals surface area contributed by atoms with E-state index in [1.807, 2.05) is 38.4 Å². The van der Waals surface area contributed by atoms with Gasteiger partial charge in [0, 0.05) is 23.0 Å². The lowest BCUT2D eigenvalue weighted by atomic mass is 10.1. The standard InChI is InChI=1S/C14H18N2O2.C2HF3O2/c1-16(2)7-6-10-8-11-9-12(18-3)4-5-13(11)15-14(10)17;3-2(4,5)1(6)7/h4-5,8-9H,6-7H2,1-3H3,(H,15,17);(H,6,7). The van der Waals surface area contributed by atoms with Crippen molar-refractivity contribution in [3.8, 4) is 5.75 Å². The van der Waals surface area contributed by atoms with Gasteiger partial charge in [0.15, 0.2) is 0 Å². The molecular formula is C16H19F3N2O4. The van der Waals surface area contributed by atoms with Crippen LogP contribution in [0.2, 0.25) is 0 Å². The molecule has 0 aliphatic rings. The fraction of sp³-hybridized carbons (Fsp3) is 0.375. The maximum atomic E-state index is 11.9. The Morgan fingerprint density at radius 3 is 2.36 bits per heavy atom. The van der Waals surface area contributed by atoms with Gasteiger partial charge in [-0.1, -0.05) is 0 Å². The number of ether oxygens (including phenoxy) is 1. The van der Waals surface area contributed by atoms with Gasteiger partial charge in [-0.05, 0) is 44.8 Å². The van der Waals surface area contributed by atoms with Crippen LogP contribution in [0.25, 0.3) is 10.9 Å². The molecule has 0 radical (unpaired) electrons. The zero-order valence-corrected chi connectivity index (χ0v) is 14.0. The summed E-state index contributed by atoms with van der Waals surface area (Å²) >= 11 is 0. The molecule has 2 N–H and O–H groups in total. The predicted octanol–water partition coefficient (Wildman–Crippen LogP) is 2.27. The van der Waals surface area contributed by atoms with Crippen LogP contribution in [0.3, 0.4) is 0 Å². The monoisotopic (exact) mass is 360 g/mol. The van der Waals surface area contributed by atoms with E-state index in [1.165, 1.54) is 0 Å². The summed E-state index contributed by atoms with van der Waals surface area (Å²) in [5.41, 5.74) is 1.65. The van der Waals surface area contributed by atoms with Crippen molar-refractivity contribution < 1.29 is 27.8 Å². The number of nitrogens with zero attached hydrogens (tertiary/aromatic N) is 1. The van der Waals surface area contributed by atoms with Crippen molar-refractivity contribution in [2.24, 2.45) is 0 Å². The van der Waals surface area contributed by atoms with E-state index in [0.717, 1.165) is 35.2 Å². The predicted molar refractivity (Wildman–Crippen MR) is 87.1 cm³/mol. The highest BCUT2D eigenvalue weighted by molar-refractivity contribution is 5.80. The highest BCUT2D eigenvalue weighted by Gasteiger charge is 2.38. The van der Waals surface area contributed by atoms with Gasteiger partial charge in [0.1, 0.15) is 5.75 Å². The number of methoxy groups -OCH3 is 1. The third kappa shape index (κ3) is 6.46. The Hall–Kier alpha value is -2.55. The van der Waals surface area contributed by atoms with Crippen LogP contribution in [0.5, 0.6) is 5.75 Å². The molecule has 0 bridgehead atoms. The van der Waals surface area contributed by atoms with E-state index in [4.69, 9.17) is 14.6 Å². The Kier molecular flexibility index (Phi) is 6.98. The molecule has 0 amide bonds. The molecule has 6 nitrogen and oxygen atoms in total. The zero-order valence-electron chi connectivity index (χ0n) is 14.0. The number of aromatic nitrogens is 1. The van der Waals surface area contributed by atoms with Gasteiger partial charge in [0.25, 0.3) is 5.56 Å². The maximum absolute atomic E-state index is 11.9. The van der Waals surface area contributed by atoms with Crippen molar-refractivity contribution in [3.63, 3.8) is 0 Å². The summed E-state index contributed by atoms with van der Waals surface area (Å²) < 4.78 is 36.9. The van der Waals surface area contributed by atoms with E-state index in [-0.39, 0.29) is 5.56 Å². The number of carbonyl (C=O) groups is 1. The SMILES string of the molecule is COc1ccc2[nH]c(=O)c(CCN(C)C)cc2c1.O=C(O)C(F)(F)F. The number of benzene rings is 1. The topological polar surface area (TPSA) is 82.6 Å². The second kappa shape index (κ2) is 8.52. The van der Waals surface area contributed by atoms with Gasteiger partial charge >= 0.3 is 12.1 Å². The van der Waals surface area contributed by atoms with Crippen molar-refractivity contribution in [1.82, 2.24) is 9.88 Å². The lowest BCUT2D eigenvalue weighted by Crippen LogP contribution is -2.21. The Labute approximate surface area is 141 Å². The molecule has 1 aromatic carbocycles. The quantitative estimate of drug-likeness (QED) is 0.874. The minimum absolute atomic E-state index is 0.00508. The third-order valence-electron chi connectivity index (χ3n) is 3.20. The molecule has 0 aliphatic carbocycles. The van der Waals surface area contributed by atoms with Crippen LogP contribution in [-0.4, -0.2) is 54.9 Å². The second-order valence-corrected chi connectivity index (χ2v) is 5.43. The van der Waals surface area contributed by atoms with E-state index in [2.05, 4.69) is 9.88 Å². The second-order valence-electron chi connectivity index (χ2n) is 5.43. The molecule has 9 heteroatoms. The number of halogens is 3. The minimum Gasteiger partial charge on any atom is -0.497 e. The van der Waals surface area contributed by atoms with E-state index in [9.17, 15) is 18.0 Å². The fourth-order valence-electron chi connectivity index (χ4n) is 1.89. The first-order valence-electron chi connectivity index (χ1n) is 7.19. The van der Waals surface area contributed by atoms with Crippen molar-refractivity contribution in [2.45, 2.75) is 12.6 Å². The molecular weight excluding hydrogens is 341 g/mol. The average Bonchev–Trinajstić information content (AvgIpc) is 2.52. The van der Waals surface area contributed by atoms with Crippen molar-refractivity contribution >= 4 is 16.9 Å². The molecule has 25 heavy (non-hydrogen) atoms. The van der Waals surface area contributed by atoms with Crippen LogP contribution < -0.4 is 10.3 Å². The van der Waals surface area contributed by atoms with Crippen LogP contribution in [0, 0.1) is 0 Å². The van der Waals surface area contributed by atoms with E-state index in [1.54, 1.807) is 7.11 Å². The number of nitrogens with one attached hydrogen (secondary N) is 1. The Bertz CT molecular complexity index is 785. The van der Waals surface area contributed by atoms with Gasteiger partial charge in [-0.2, -0.15) is 13.2 Å². The highest BCUT2D eigenvalue weighted by Crippen LogP contribution is 2.18. The fourth-order valence-corrected chi connectivity index (χ4v) is 1.89. The molecule has 1 aromatic heterocycles. The van der Waals surface area contributed by atoms with Gasteiger partial charge in [0.05, 0.1) is 7.11 Å². The highest BCUT2D eigenvalue weighted by atomic mass is 19.4. The number of likely N-dealkylation sites (N-methyl/N-ethyl adjacent to an activating group) is 1. The van der Waals surface area contributed by atoms with Crippen molar-refractivity contribution in [2.75, 3.05) is 27.7 Å². The largest absolute Gasteiger partial charge is 0.497 e. The Morgan fingerprint density at radius 2 is 1.88 bits per heavy atom. The number of rotatable bonds is 4. The van der Waals surface area contributed by atoms with Gasteiger partial charge in [-0.15, -0.1) is 0 Å². The maximum Gasteiger partial charge on any atom is 0.490 e. The van der Waals surface area contributed by atoms with Crippen LogP contribution in [0.15, 0.2) is 29.1 Å². The summed E-state index contributed by atoms with van der Waals surface area (Å²) in [7, 11) is 5.64. The molecule has 0 aliphatic heterocycles. The summed E-state index contributed by atoms with van der Waals surface area (Å²) in [5.74, 6) is -1.96. The van der Waals surface area contributed by atoms with Gasteiger partial charge < -0.3 is 19.7 Å². The first-order valence-corrected chi connectivity index (χ1v) is 7.19. The van der Waals surface area contributed by atoms with Gasteiger partial charge in [0.2, 0.25) is 0 Å². The molecule has 0 atom stereocenters. The summed E-state index contributed by atoms with van der Waals surface area (Å²) in [6.07, 6.45) is -4.34. The van der Waals surface area contributed by atoms with Crippen LogP contribution in [0.1, 0.15) is 5.56 Å². The average molecular weight is 360 g/mol. The number of aliphatic carboxylic acids is 1. The lowest BCUT2D eigenvalue weighted by Gasteiger charge is -2.09. The van der Waals surface area contributed by atoms with Gasteiger partial charge in [-0.3, -0.25) is 4.79 Å². The van der Waals surface area contributed by atoms with Crippen molar-refractivity contribution in [3.05, 3.63) is 40.2 Å². The van der Waals surface area contributed by atoms with Crippen molar-refractivity contribution in [1.29, 1.82) is 0 Å². The van der Waals surface area contributed by atoms with E-state index >= 15 is 0 Å². The number of alkyl halides is 3. The molecule has 0 unspecified atom stereocenters. The molecule has 2 rings (SSSR count). The van der Waals surface area contributed by atoms with Crippen LogP contribution >= 0.6 is 0 Å². The Morgan fingerprint density at radius 1 is 1.28 bits per heavy atom. The number of hydrogen-bond acceptors (Lipinski definition) is 4. The number of aromatic amines is 1. The lowest BCUT2D eigenvalue weighted by molar-refractivity contribution is -0.192. The number of pyridine rings is 1. The number of carboxylic acid groups (broad SMARTS) is 1. The number of hydrogen-bond donors (Lipinski definition) is 2. The summed E-state index contributed by atoms with van der Waals surface area (Å²) in [4.78, 5) is 25.8. The number of fused-ring (bicyclic) bond motifs is 1. The molecule has 0 fully saturated rings. The first-order chi connectivity index (χ1) is 11.5. The van der Waals surface area contributed by atoms with Gasteiger partial charge in [-0.25, -0.2) is 4.79 Å². The zero-order chi connectivity index (χ0) is 19.2. The van der Waals surface area contributed by atoms with E-state index < -0.39 is 12.1 Å². The number of carboxylic acids is 1. The van der Waals surface area contributed by atoms with Crippen LogP contribution in [0.4, 0.5) is 13.2 Å². The molecule has 0 saturated carbocycles. The molecule has 2 aromatic rings. The summed E-state index contributed by atoms with van der Waals surface area (Å²) in [6.45, 7) is 0.860. The smallest absolute Gasteiger partial charge is 0.490 e. The molecule has 0 spiro atoms.